The second kappa shape index (κ2) is 13.0. The summed E-state index contributed by atoms with van der Waals surface area (Å²) in [6.07, 6.45) is -2.87. The van der Waals surface area contributed by atoms with Crippen molar-refractivity contribution in [3.05, 3.63) is 54.9 Å². The Labute approximate surface area is 236 Å². The molecule has 0 spiro atoms. The van der Waals surface area contributed by atoms with Crippen LogP contribution in [-0.2, 0) is 15.6 Å². The first-order valence-corrected chi connectivity index (χ1v) is 14.7. The molecule has 2 aliphatic rings. The third-order valence-electron chi connectivity index (χ3n) is 7.07. The third kappa shape index (κ3) is 8.48. The summed E-state index contributed by atoms with van der Waals surface area (Å²) in [6, 6.07) is 14.3. The molecule has 2 aromatic heterocycles. The molecule has 2 unspecified atom stereocenters. The van der Waals surface area contributed by atoms with Crippen LogP contribution >= 0.6 is 0 Å². The van der Waals surface area contributed by atoms with Crippen LogP contribution in [0.5, 0.6) is 0 Å². The Morgan fingerprint density at radius 2 is 1.88 bits per heavy atom. The van der Waals surface area contributed by atoms with Crippen LogP contribution in [0.4, 0.5) is 27.6 Å². The second-order valence-corrected chi connectivity index (χ2v) is 11.8. The quantitative estimate of drug-likeness (QED) is 0.402. The number of hydrogen-bond donors (Lipinski definition) is 1. The number of amides is 1. The summed E-state index contributed by atoms with van der Waals surface area (Å²) < 4.78 is 75.8. The fourth-order valence-corrected chi connectivity index (χ4v) is 6.00. The summed E-state index contributed by atoms with van der Waals surface area (Å²) in [4.78, 5) is 13.9. The van der Waals surface area contributed by atoms with Crippen LogP contribution in [0.1, 0.15) is 32.1 Å². The van der Waals surface area contributed by atoms with Gasteiger partial charge < -0.3 is 10.2 Å². The van der Waals surface area contributed by atoms with E-state index < -0.39 is 53.6 Å². The maximum atomic E-state index is 13.1. The van der Waals surface area contributed by atoms with E-state index in [0.717, 1.165) is 35.7 Å². The second-order valence-electron chi connectivity index (χ2n) is 10.1. The van der Waals surface area contributed by atoms with Crippen molar-refractivity contribution in [3.63, 3.8) is 0 Å². The zero-order valence-electron chi connectivity index (χ0n) is 22.1. The first-order chi connectivity index (χ1) is 19.4. The molecule has 220 valence electrons. The van der Waals surface area contributed by atoms with Gasteiger partial charge in [-0.3, -0.25) is 9.00 Å². The van der Waals surface area contributed by atoms with Crippen molar-refractivity contribution in [3.8, 4) is 17.2 Å². The molecule has 5 rings (SSSR count). The number of alkyl halides is 5. The molecule has 13 heteroatoms. The Hall–Kier alpha value is -3.53. The van der Waals surface area contributed by atoms with Gasteiger partial charge in [-0.1, -0.05) is 18.2 Å². The van der Waals surface area contributed by atoms with E-state index in [9.17, 15) is 31.0 Å². The monoisotopic (exact) mass is 595 g/mol. The molecule has 1 amide bonds. The summed E-state index contributed by atoms with van der Waals surface area (Å²) in [6.45, 7) is 1.76. The maximum Gasteiger partial charge on any atom is 0.392 e. The number of nitriles is 1. The van der Waals surface area contributed by atoms with Gasteiger partial charge in [-0.2, -0.15) is 23.5 Å². The Kier molecular flexibility index (Phi) is 9.63. The molecule has 1 saturated heterocycles. The van der Waals surface area contributed by atoms with Gasteiger partial charge in [0.25, 0.3) is 0 Å². The van der Waals surface area contributed by atoms with E-state index in [1.54, 1.807) is 0 Å². The number of hydrogen-bond acceptors (Lipinski definition) is 5. The van der Waals surface area contributed by atoms with Crippen molar-refractivity contribution in [2.24, 2.45) is 5.92 Å². The molecule has 1 N–H and O–H groups in total. The minimum absolute atomic E-state index is 0.140. The zero-order valence-corrected chi connectivity index (χ0v) is 22.9. The average molecular weight is 596 g/mol. The van der Waals surface area contributed by atoms with Gasteiger partial charge in [0.15, 0.2) is 0 Å². The molecule has 3 heterocycles. The number of rotatable bonds is 5. The lowest BCUT2D eigenvalue weighted by atomic mass is 9.86. The van der Waals surface area contributed by atoms with Crippen LogP contribution in [0.2, 0.25) is 0 Å². The van der Waals surface area contributed by atoms with Crippen LogP contribution in [0, 0.1) is 17.2 Å². The first kappa shape index (κ1) is 30.4. The van der Waals surface area contributed by atoms with Crippen molar-refractivity contribution >= 4 is 27.9 Å². The lowest BCUT2D eigenvalue weighted by Crippen LogP contribution is -2.43. The Balaban J connectivity index is 0.000000192. The fraction of sp³-hybridized carbons (Fsp3) is 0.464. The molecular weight excluding hydrogens is 565 g/mol. The van der Waals surface area contributed by atoms with Crippen molar-refractivity contribution in [1.29, 1.82) is 5.26 Å². The van der Waals surface area contributed by atoms with Crippen LogP contribution in [-0.4, -0.2) is 62.5 Å². The standard InChI is InChI=1S/C17H17N3OS.C11H13F5N2O/c21-22-11-9-19(10-12-22)15-6-4-14(5-7-15)16-13-18-20-8-2-1-3-17(16)20;12-10(13)3-1-2-7(4-10)9(19)18-8(6-17)5-11(14,15)16/h1-8,13H,9-12H2;7-8H,1-5H2,(H,18,19). The molecule has 1 saturated carbocycles. The molecule has 1 aliphatic heterocycles. The Morgan fingerprint density at radius 1 is 1.17 bits per heavy atom. The topological polar surface area (TPSA) is 90.5 Å². The van der Waals surface area contributed by atoms with Gasteiger partial charge in [-0.05, 0) is 42.7 Å². The molecule has 2 atom stereocenters. The molecule has 0 bridgehead atoms. The predicted octanol–water partition coefficient (Wildman–Crippen LogP) is 5.34. The van der Waals surface area contributed by atoms with Crippen LogP contribution in [0.25, 0.3) is 16.6 Å². The fourth-order valence-electron chi connectivity index (χ4n) is 4.95. The van der Waals surface area contributed by atoms with Crippen molar-refractivity contribution < 1.29 is 31.0 Å². The number of carbonyl (C=O) groups excluding carboxylic acids is 1. The normalized spacial score (nSPS) is 20.0. The number of pyridine rings is 1. The Bertz CT molecular complexity index is 1390. The highest BCUT2D eigenvalue weighted by atomic mass is 32.2. The lowest BCUT2D eigenvalue weighted by molar-refractivity contribution is -0.142. The molecule has 2 fully saturated rings. The highest BCUT2D eigenvalue weighted by Gasteiger charge is 2.40. The Morgan fingerprint density at radius 3 is 2.51 bits per heavy atom. The summed E-state index contributed by atoms with van der Waals surface area (Å²) in [7, 11) is -0.632. The van der Waals surface area contributed by atoms with Crippen LogP contribution in [0.3, 0.4) is 0 Å². The molecular formula is C28H30F5N5O2S. The van der Waals surface area contributed by atoms with Gasteiger partial charge in [0.2, 0.25) is 11.8 Å². The van der Waals surface area contributed by atoms with Gasteiger partial charge in [-0.15, -0.1) is 0 Å². The van der Waals surface area contributed by atoms with E-state index in [1.807, 2.05) is 34.4 Å². The summed E-state index contributed by atoms with van der Waals surface area (Å²) in [5.41, 5.74) is 4.64. The largest absolute Gasteiger partial charge is 0.392 e. The minimum Gasteiger partial charge on any atom is -0.370 e. The van der Waals surface area contributed by atoms with Crippen molar-refractivity contribution in [2.75, 3.05) is 29.5 Å². The highest BCUT2D eigenvalue weighted by molar-refractivity contribution is 7.85. The number of nitrogens with one attached hydrogen (secondary N) is 1. The van der Waals surface area contributed by atoms with Crippen LogP contribution in [0.15, 0.2) is 54.9 Å². The maximum absolute atomic E-state index is 13.1. The smallest absolute Gasteiger partial charge is 0.370 e. The predicted molar refractivity (Wildman–Crippen MR) is 146 cm³/mol. The first-order valence-electron chi connectivity index (χ1n) is 13.2. The van der Waals surface area contributed by atoms with Crippen LogP contribution < -0.4 is 10.2 Å². The number of anilines is 1. The highest BCUT2D eigenvalue weighted by Crippen LogP contribution is 2.37. The third-order valence-corrected chi connectivity index (χ3v) is 8.34. The van der Waals surface area contributed by atoms with Gasteiger partial charge in [0.05, 0.1) is 24.2 Å². The SMILES string of the molecule is N#CC(CC(F)(F)F)NC(=O)C1CCCC(F)(F)C1.O=S1CCN(c2ccc(-c3cnn4ccccc34)cc2)CC1. The van der Waals surface area contributed by atoms with E-state index >= 15 is 0 Å². The number of benzene rings is 1. The molecule has 7 nitrogen and oxygen atoms in total. The molecule has 0 radical (unpaired) electrons. The number of aromatic nitrogens is 2. The summed E-state index contributed by atoms with van der Waals surface area (Å²) >= 11 is 0. The van der Waals surface area contributed by atoms with E-state index in [-0.39, 0.29) is 19.3 Å². The lowest BCUT2D eigenvalue weighted by Gasteiger charge is -2.28. The molecule has 41 heavy (non-hydrogen) atoms. The summed E-state index contributed by atoms with van der Waals surface area (Å²) in [5, 5.41) is 14.8. The van der Waals surface area contributed by atoms with E-state index in [1.165, 1.54) is 17.3 Å². The molecule has 1 aliphatic carbocycles. The number of nitrogens with zero attached hydrogens (tertiary/aromatic N) is 4. The van der Waals surface area contributed by atoms with Gasteiger partial charge >= 0.3 is 6.18 Å². The number of fused-ring (bicyclic) bond motifs is 1. The van der Waals surface area contributed by atoms with Gasteiger partial charge in [-0.25, -0.2) is 13.3 Å². The van der Waals surface area contributed by atoms with E-state index in [4.69, 9.17) is 5.26 Å². The summed E-state index contributed by atoms with van der Waals surface area (Å²) in [5.74, 6) is -3.36. The van der Waals surface area contributed by atoms with E-state index in [2.05, 4.69) is 40.3 Å². The van der Waals surface area contributed by atoms with Gasteiger partial charge in [0.1, 0.15) is 6.04 Å². The molecule has 3 aromatic rings. The molecule has 1 aromatic carbocycles. The number of carbonyl (C=O) groups is 1. The van der Waals surface area contributed by atoms with Crippen molar-refractivity contribution in [1.82, 2.24) is 14.9 Å². The average Bonchev–Trinajstić information content (AvgIpc) is 3.36. The van der Waals surface area contributed by atoms with E-state index in [0.29, 0.717) is 0 Å². The zero-order chi connectivity index (χ0) is 29.6. The number of halogens is 5. The van der Waals surface area contributed by atoms with Gasteiger partial charge in [0, 0.05) is 71.6 Å². The minimum atomic E-state index is -4.59. The van der Waals surface area contributed by atoms with Crippen molar-refractivity contribution in [2.45, 2.75) is 50.2 Å².